The molecule has 3 rings (SSSR count). The standard InChI is InChI=1S/C13H20N4S/c1-17(12-4-5-18-9-12)13-8-15-11(7-16-13)6-14-10-2-3-10/h7-8,10,12,14H,2-6,9H2,1H3. The average Bonchev–Trinajstić information content (AvgIpc) is 3.08. The minimum Gasteiger partial charge on any atom is -0.355 e. The first-order chi connectivity index (χ1) is 8.83. The van der Waals surface area contributed by atoms with E-state index in [1.807, 2.05) is 24.2 Å². The van der Waals surface area contributed by atoms with Gasteiger partial charge in [-0.15, -0.1) is 0 Å². The van der Waals surface area contributed by atoms with Crippen LogP contribution in [0.1, 0.15) is 25.0 Å². The van der Waals surface area contributed by atoms with Crippen LogP contribution in [-0.2, 0) is 6.54 Å². The molecule has 1 saturated carbocycles. The lowest BCUT2D eigenvalue weighted by Crippen LogP contribution is -2.32. The quantitative estimate of drug-likeness (QED) is 0.876. The fourth-order valence-corrected chi connectivity index (χ4v) is 3.44. The van der Waals surface area contributed by atoms with Gasteiger partial charge in [-0.1, -0.05) is 0 Å². The van der Waals surface area contributed by atoms with Gasteiger partial charge < -0.3 is 10.2 Å². The Morgan fingerprint density at radius 1 is 1.33 bits per heavy atom. The fraction of sp³-hybridized carbons (Fsp3) is 0.692. The molecule has 4 nitrogen and oxygen atoms in total. The zero-order chi connectivity index (χ0) is 12.4. The molecular weight excluding hydrogens is 244 g/mol. The summed E-state index contributed by atoms with van der Waals surface area (Å²) < 4.78 is 0. The van der Waals surface area contributed by atoms with Crippen LogP contribution in [0.4, 0.5) is 5.82 Å². The number of hydrogen-bond acceptors (Lipinski definition) is 5. The number of nitrogens with zero attached hydrogens (tertiary/aromatic N) is 3. The van der Waals surface area contributed by atoms with Gasteiger partial charge in [-0.25, -0.2) is 4.98 Å². The van der Waals surface area contributed by atoms with Crippen LogP contribution >= 0.6 is 11.8 Å². The zero-order valence-corrected chi connectivity index (χ0v) is 11.6. The van der Waals surface area contributed by atoms with Gasteiger partial charge in [0.1, 0.15) is 5.82 Å². The summed E-state index contributed by atoms with van der Waals surface area (Å²) in [5, 5.41) is 3.46. The Morgan fingerprint density at radius 2 is 2.22 bits per heavy atom. The van der Waals surface area contributed by atoms with Gasteiger partial charge in [0.15, 0.2) is 0 Å². The predicted molar refractivity (Wildman–Crippen MR) is 76.0 cm³/mol. The molecule has 1 aliphatic carbocycles. The van der Waals surface area contributed by atoms with E-state index in [-0.39, 0.29) is 0 Å². The van der Waals surface area contributed by atoms with Crippen molar-refractivity contribution in [3.05, 3.63) is 18.1 Å². The van der Waals surface area contributed by atoms with E-state index >= 15 is 0 Å². The normalized spacial score (nSPS) is 23.3. The van der Waals surface area contributed by atoms with Crippen molar-refractivity contribution in [2.45, 2.75) is 37.9 Å². The molecule has 1 atom stereocenters. The lowest BCUT2D eigenvalue weighted by molar-refractivity contribution is 0.665. The molecule has 2 fully saturated rings. The van der Waals surface area contributed by atoms with Crippen molar-refractivity contribution in [1.29, 1.82) is 0 Å². The summed E-state index contributed by atoms with van der Waals surface area (Å²) in [6.45, 7) is 0.848. The van der Waals surface area contributed by atoms with Crippen LogP contribution in [0.2, 0.25) is 0 Å². The van der Waals surface area contributed by atoms with Gasteiger partial charge in [0.05, 0.1) is 18.1 Å². The molecule has 2 aliphatic rings. The van der Waals surface area contributed by atoms with E-state index in [9.17, 15) is 0 Å². The highest BCUT2D eigenvalue weighted by atomic mass is 32.2. The highest BCUT2D eigenvalue weighted by Crippen LogP contribution is 2.24. The highest BCUT2D eigenvalue weighted by molar-refractivity contribution is 7.99. The van der Waals surface area contributed by atoms with E-state index in [0.717, 1.165) is 24.1 Å². The molecule has 1 saturated heterocycles. The maximum atomic E-state index is 4.54. The summed E-state index contributed by atoms with van der Waals surface area (Å²) in [6, 6.07) is 1.35. The maximum absolute atomic E-state index is 4.54. The van der Waals surface area contributed by atoms with Gasteiger partial charge in [0.25, 0.3) is 0 Å². The Labute approximate surface area is 113 Å². The summed E-state index contributed by atoms with van der Waals surface area (Å²) in [6.07, 6.45) is 7.70. The first-order valence-corrected chi connectivity index (χ1v) is 7.83. The van der Waals surface area contributed by atoms with E-state index in [2.05, 4.69) is 27.2 Å². The Balaban J connectivity index is 1.58. The van der Waals surface area contributed by atoms with Gasteiger partial charge in [0.2, 0.25) is 0 Å². The van der Waals surface area contributed by atoms with Gasteiger partial charge in [-0.3, -0.25) is 4.98 Å². The predicted octanol–water partition coefficient (Wildman–Crippen LogP) is 1.67. The highest BCUT2D eigenvalue weighted by Gasteiger charge is 2.22. The average molecular weight is 264 g/mol. The number of rotatable bonds is 5. The minimum atomic E-state index is 0.625. The Morgan fingerprint density at radius 3 is 2.83 bits per heavy atom. The molecule has 98 valence electrons. The van der Waals surface area contributed by atoms with Crippen molar-refractivity contribution in [3.8, 4) is 0 Å². The molecule has 0 amide bonds. The van der Waals surface area contributed by atoms with E-state index in [0.29, 0.717) is 6.04 Å². The minimum absolute atomic E-state index is 0.625. The van der Waals surface area contributed by atoms with Crippen molar-refractivity contribution >= 4 is 17.6 Å². The van der Waals surface area contributed by atoms with Gasteiger partial charge in [0, 0.05) is 31.4 Å². The summed E-state index contributed by atoms with van der Waals surface area (Å²) in [5.74, 6) is 3.48. The molecule has 0 radical (unpaired) electrons. The third kappa shape index (κ3) is 2.95. The molecule has 0 spiro atoms. The summed E-state index contributed by atoms with van der Waals surface area (Å²) in [5.41, 5.74) is 1.04. The van der Waals surface area contributed by atoms with Crippen LogP contribution in [0.5, 0.6) is 0 Å². The van der Waals surface area contributed by atoms with E-state index in [4.69, 9.17) is 0 Å². The van der Waals surface area contributed by atoms with Crippen LogP contribution in [0, 0.1) is 0 Å². The van der Waals surface area contributed by atoms with Crippen LogP contribution in [0.3, 0.4) is 0 Å². The maximum Gasteiger partial charge on any atom is 0.147 e. The van der Waals surface area contributed by atoms with Crippen molar-refractivity contribution < 1.29 is 0 Å². The topological polar surface area (TPSA) is 41.1 Å². The third-order valence-electron chi connectivity index (χ3n) is 3.66. The number of aromatic nitrogens is 2. The number of hydrogen-bond donors (Lipinski definition) is 1. The molecule has 1 aromatic rings. The second-order valence-corrected chi connectivity index (χ2v) is 6.30. The first-order valence-electron chi connectivity index (χ1n) is 6.68. The van der Waals surface area contributed by atoms with Crippen LogP contribution < -0.4 is 10.2 Å². The van der Waals surface area contributed by atoms with Crippen LogP contribution in [0.25, 0.3) is 0 Å². The van der Waals surface area contributed by atoms with E-state index in [1.165, 1.54) is 30.8 Å². The molecule has 2 heterocycles. The van der Waals surface area contributed by atoms with Gasteiger partial charge in [-0.05, 0) is 25.0 Å². The van der Waals surface area contributed by atoms with Crippen molar-refractivity contribution in [1.82, 2.24) is 15.3 Å². The van der Waals surface area contributed by atoms with E-state index in [1.54, 1.807) is 0 Å². The zero-order valence-electron chi connectivity index (χ0n) is 10.8. The lowest BCUT2D eigenvalue weighted by Gasteiger charge is -2.24. The molecule has 0 bridgehead atoms. The molecular formula is C13H20N4S. The van der Waals surface area contributed by atoms with Crippen LogP contribution in [0.15, 0.2) is 12.4 Å². The van der Waals surface area contributed by atoms with Crippen molar-refractivity contribution in [2.75, 3.05) is 23.5 Å². The second-order valence-electron chi connectivity index (χ2n) is 5.15. The molecule has 5 heteroatoms. The monoisotopic (exact) mass is 264 g/mol. The Bertz CT molecular complexity index is 384. The SMILES string of the molecule is CN(c1cnc(CNC2CC2)cn1)C1CCSC1. The molecule has 1 aromatic heterocycles. The molecule has 1 unspecified atom stereocenters. The van der Waals surface area contributed by atoms with E-state index < -0.39 is 0 Å². The summed E-state index contributed by atoms with van der Waals surface area (Å²) in [7, 11) is 2.13. The Kier molecular flexibility index (Phi) is 3.70. The molecule has 18 heavy (non-hydrogen) atoms. The number of nitrogens with one attached hydrogen (secondary N) is 1. The van der Waals surface area contributed by atoms with Crippen molar-refractivity contribution in [3.63, 3.8) is 0 Å². The Hall–Kier alpha value is -0.810. The van der Waals surface area contributed by atoms with Crippen LogP contribution in [-0.4, -0.2) is 40.6 Å². The molecule has 0 aromatic carbocycles. The van der Waals surface area contributed by atoms with Gasteiger partial charge in [-0.2, -0.15) is 11.8 Å². The summed E-state index contributed by atoms with van der Waals surface area (Å²) >= 11 is 2.03. The number of thioether (sulfide) groups is 1. The largest absolute Gasteiger partial charge is 0.355 e. The lowest BCUT2D eigenvalue weighted by atomic mass is 10.2. The van der Waals surface area contributed by atoms with Crippen molar-refractivity contribution in [2.24, 2.45) is 0 Å². The smallest absolute Gasteiger partial charge is 0.147 e. The first kappa shape index (κ1) is 12.2. The molecule has 1 N–H and O–H groups in total. The molecule has 1 aliphatic heterocycles. The second kappa shape index (κ2) is 5.45. The number of anilines is 1. The third-order valence-corrected chi connectivity index (χ3v) is 4.80. The van der Waals surface area contributed by atoms with Gasteiger partial charge >= 0.3 is 0 Å². The summed E-state index contributed by atoms with van der Waals surface area (Å²) in [4.78, 5) is 11.3. The fourth-order valence-electron chi connectivity index (χ4n) is 2.17.